The van der Waals surface area contributed by atoms with Gasteiger partial charge in [0.05, 0.1) is 11.7 Å². The standard InChI is InChI=1S/C13H16N4O/c18-13(5-9-3-4-14-7-9)16-11-1-2-12-10(6-11)8-15-17-12/h1-2,6,8-9,14H,3-5,7H2,(H,15,17)(H,16,18). The van der Waals surface area contributed by atoms with Gasteiger partial charge in [-0.25, -0.2) is 0 Å². The Hall–Kier alpha value is -1.88. The van der Waals surface area contributed by atoms with Crippen molar-refractivity contribution in [2.45, 2.75) is 12.8 Å². The van der Waals surface area contributed by atoms with E-state index in [4.69, 9.17) is 0 Å². The van der Waals surface area contributed by atoms with E-state index in [0.29, 0.717) is 12.3 Å². The van der Waals surface area contributed by atoms with E-state index >= 15 is 0 Å². The Morgan fingerprint density at radius 2 is 2.44 bits per heavy atom. The minimum Gasteiger partial charge on any atom is -0.326 e. The quantitative estimate of drug-likeness (QED) is 0.766. The molecule has 0 saturated carbocycles. The topological polar surface area (TPSA) is 69.8 Å². The van der Waals surface area contributed by atoms with Crippen molar-refractivity contribution in [3.63, 3.8) is 0 Å². The van der Waals surface area contributed by atoms with Crippen LogP contribution in [0.1, 0.15) is 12.8 Å². The molecule has 1 aromatic heterocycles. The molecule has 1 unspecified atom stereocenters. The van der Waals surface area contributed by atoms with Gasteiger partial charge in [0.2, 0.25) is 5.91 Å². The fourth-order valence-corrected chi connectivity index (χ4v) is 2.38. The zero-order valence-electron chi connectivity index (χ0n) is 10.1. The number of amides is 1. The summed E-state index contributed by atoms with van der Waals surface area (Å²) in [5.41, 5.74) is 1.81. The Kier molecular flexibility index (Phi) is 2.98. The largest absolute Gasteiger partial charge is 0.326 e. The molecule has 18 heavy (non-hydrogen) atoms. The molecular weight excluding hydrogens is 228 g/mol. The maximum Gasteiger partial charge on any atom is 0.224 e. The van der Waals surface area contributed by atoms with E-state index in [9.17, 15) is 4.79 Å². The lowest BCUT2D eigenvalue weighted by molar-refractivity contribution is -0.116. The first-order valence-electron chi connectivity index (χ1n) is 6.25. The predicted molar refractivity (Wildman–Crippen MR) is 70.3 cm³/mol. The fraction of sp³-hybridized carbons (Fsp3) is 0.385. The highest BCUT2D eigenvalue weighted by Gasteiger charge is 2.17. The Morgan fingerprint density at radius 1 is 1.50 bits per heavy atom. The SMILES string of the molecule is O=C(CC1CCNC1)Nc1ccc2[nH]ncc2c1. The summed E-state index contributed by atoms with van der Waals surface area (Å²) in [5.74, 6) is 0.564. The highest BCUT2D eigenvalue weighted by atomic mass is 16.1. The number of carbonyl (C=O) groups is 1. The van der Waals surface area contributed by atoms with Crippen molar-refractivity contribution in [1.82, 2.24) is 15.5 Å². The van der Waals surface area contributed by atoms with Crippen molar-refractivity contribution >= 4 is 22.5 Å². The number of rotatable bonds is 3. The van der Waals surface area contributed by atoms with Gasteiger partial charge < -0.3 is 10.6 Å². The summed E-state index contributed by atoms with van der Waals surface area (Å²) in [4.78, 5) is 11.9. The van der Waals surface area contributed by atoms with Crippen LogP contribution in [0.15, 0.2) is 24.4 Å². The van der Waals surface area contributed by atoms with E-state index in [1.807, 2.05) is 18.2 Å². The van der Waals surface area contributed by atoms with Crippen LogP contribution < -0.4 is 10.6 Å². The van der Waals surface area contributed by atoms with E-state index in [1.54, 1.807) is 6.20 Å². The molecule has 0 aliphatic carbocycles. The number of hydrogen-bond acceptors (Lipinski definition) is 3. The molecule has 1 fully saturated rings. The van der Waals surface area contributed by atoms with Gasteiger partial charge >= 0.3 is 0 Å². The van der Waals surface area contributed by atoms with Gasteiger partial charge in [0.1, 0.15) is 0 Å². The van der Waals surface area contributed by atoms with Gasteiger partial charge in [-0.05, 0) is 43.6 Å². The Labute approximate surface area is 105 Å². The molecule has 1 saturated heterocycles. The molecule has 94 valence electrons. The van der Waals surface area contributed by atoms with Gasteiger partial charge in [0.15, 0.2) is 0 Å². The van der Waals surface area contributed by atoms with Crippen molar-refractivity contribution in [3.8, 4) is 0 Å². The third-order valence-corrected chi connectivity index (χ3v) is 3.36. The van der Waals surface area contributed by atoms with E-state index in [1.165, 1.54) is 0 Å². The second-order valence-electron chi connectivity index (χ2n) is 4.78. The minimum absolute atomic E-state index is 0.0894. The van der Waals surface area contributed by atoms with Gasteiger partial charge in [-0.2, -0.15) is 5.10 Å². The molecule has 3 N–H and O–H groups in total. The molecule has 1 aliphatic heterocycles. The van der Waals surface area contributed by atoms with E-state index in [-0.39, 0.29) is 5.91 Å². The zero-order valence-corrected chi connectivity index (χ0v) is 10.1. The Bertz CT molecular complexity index is 557. The summed E-state index contributed by atoms with van der Waals surface area (Å²) >= 11 is 0. The van der Waals surface area contributed by atoms with E-state index in [2.05, 4.69) is 20.8 Å². The van der Waals surface area contributed by atoms with Crippen LogP contribution in [0.25, 0.3) is 10.9 Å². The van der Waals surface area contributed by atoms with Crippen LogP contribution in [-0.4, -0.2) is 29.2 Å². The number of hydrogen-bond donors (Lipinski definition) is 3. The van der Waals surface area contributed by atoms with Crippen LogP contribution in [0.2, 0.25) is 0 Å². The third-order valence-electron chi connectivity index (χ3n) is 3.36. The highest BCUT2D eigenvalue weighted by molar-refractivity contribution is 5.93. The number of nitrogens with zero attached hydrogens (tertiary/aromatic N) is 1. The molecule has 0 radical (unpaired) electrons. The van der Waals surface area contributed by atoms with Crippen molar-refractivity contribution in [2.75, 3.05) is 18.4 Å². The van der Waals surface area contributed by atoms with Crippen molar-refractivity contribution < 1.29 is 4.79 Å². The van der Waals surface area contributed by atoms with E-state index in [0.717, 1.165) is 36.1 Å². The molecule has 0 bridgehead atoms. The van der Waals surface area contributed by atoms with Crippen molar-refractivity contribution in [3.05, 3.63) is 24.4 Å². The average Bonchev–Trinajstić information content (AvgIpc) is 2.98. The lowest BCUT2D eigenvalue weighted by atomic mass is 10.0. The first kappa shape index (κ1) is 11.2. The molecule has 1 aliphatic rings. The summed E-state index contributed by atoms with van der Waals surface area (Å²) in [6.45, 7) is 1.98. The predicted octanol–water partition coefficient (Wildman–Crippen LogP) is 1.50. The highest BCUT2D eigenvalue weighted by Crippen LogP contribution is 2.18. The van der Waals surface area contributed by atoms with Gasteiger partial charge in [-0.1, -0.05) is 0 Å². The molecule has 5 nitrogen and oxygen atoms in total. The minimum atomic E-state index is 0.0894. The summed E-state index contributed by atoms with van der Waals surface area (Å²) in [5, 5.41) is 14.1. The van der Waals surface area contributed by atoms with Crippen LogP contribution >= 0.6 is 0 Å². The van der Waals surface area contributed by atoms with Crippen molar-refractivity contribution in [1.29, 1.82) is 0 Å². The molecule has 3 rings (SSSR count). The van der Waals surface area contributed by atoms with Crippen LogP contribution in [0, 0.1) is 5.92 Å². The maximum atomic E-state index is 11.9. The lowest BCUT2D eigenvalue weighted by Gasteiger charge is -2.09. The molecule has 5 heteroatoms. The summed E-state index contributed by atoms with van der Waals surface area (Å²) < 4.78 is 0. The number of fused-ring (bicyclic) bond motifs is 1. The lowest BCUT2D eigenvalue weighted by Crippen LogP contribution is -2.18. The van der Waals surface area contributed by atoms with Gasteiger partial charge in [0, 0.05) is 17.5 Å². The third kappa shape index (κ3) is 2.36. The van der Waals surface area contributed by atoms with Crippen LogP contribution in [0.5, 0.6) is 0 Å². The number of carbonyl (C=O) groups excluding carboxylic acids is 1. The first-order valence-corrected chi connectivity index (χ1v) is 6.25. The van der Waals surface area contributed by atoms with Crippen LogP contribution in [-0.2, 0) is 4.79 Å². The molecule has 2 aromatic rings. The summed E-state index contributed by atoms with van der Waals surface area (Å²) in [6.07, 6.45) is 3.44. The fourth-order valence-electron chi connectivity index (χ4n) is 2.38. The van der Waals surface area contributed by atoms with Gasteiger partial charge in [-0.3, -0.25) is 9.89 Å². The number of aromatic amines is 1. The van der Waals surface area contributed by atoms with Crippen molar-refractivity contribution in [2.24, 2.45) is 5.92 Å². The van der Waals surface area contributed by atoms with Crippen LogP contribution in [0.4, 0.5) is 5.69 Å². The van der Waals surface area contributed by atoms with Gasteiger partial charge in [0.25, 0.3) is 0 Å². The summed E-state index contributed by atoms with van der Waals surface area (Å²) in [7, 11) is 0. The number of aromatic nitrogens is 2. The normalized spacial score (nSPS) is 19.2. The molecule has 1 atom stereocenters. The summed E-state index contributed by atoms with van der Waals surface area (Å²) in [6, 6.07) is 5.75. The smallest absolute Gasteiger partial charge is 0.224 e. The Morgan fingerprint density at radius 3 is 3.28 bits per heavy atom. The maximum absolute atomic E-state index is 11.9. The average molecular weight is 244 g/mol. The van der Waals surface area contributed by atoms with Crippen LogP contribution in [0.3, 0.4) is 0 Å². The second-order valence-corrected chi connectivity index (χ2v) is 4.78. The molecular formula is C13H16N4O. The zero-order chi connectivity index (χ0) is 12.4. The first-order chi connectivity index (χ1) is 8.81. The monoisotopic (exact) mass is 244 g/mol. The number of H-pyrrole nitrogens is 1. The molecule has 1 aromatic carbocycles. The second kappa shape index (κ2) is 4.78. The van der Waals surface area contributed by atoms with E-state index < -0.39 is 0 Å². The molecule has 2 heterocycles. The number of anilines is 1. The number of benzene rings is 1. The molecule has 0 spiro atoms. The molecule has 1 amide bonds. The Balaban J connectivity index is 1.65. The van der Waals surface area contributed by atoms with Gasteiger partial charge in [-0.15, -0.1) is 0 Å². The number of nitrogens with one attached hydrogen (secondary N) is 3.